The van der Waals surface area contributed by atoms with Crippen molar-refractivity contribution < 1.29 is 24.5 Å². The summed E-state index contributed by atoms with van der Waals surface area (Å²) in [5.41, 5.74) is 8.88. The number of nitrogens with zero attached hydrogens (tertiary/aromatic N) is 4. The Bertz CT molecular complexity index is 2550. The number of benzene rings is 4. The van der Waals surface area contributed by atoms with E-state index in [4.69, 9.17) is 4.98 Å². The van der Waals surface area contributed by atoms with Crippen molar-refractivity contribution in [3.63, 3.8) is 0 Å². The molecule has 54 heavy (non-hydrogen) atoms. The number of thiophene rings is 1. The van der Waals surface area contributed by atoms with Crippen LogP contribution >= 0.6 is 11.3 Å². The number of aromatic nitrogens is 4. The zero-order chi connectivity index (χ0) is 37.5. The van der Waals surface area contributed by atoms with Crippen LogP contribution in [0.5, 0.6) is 0 Å². The third-order valence-corrected chi connectivity index (χ3v) is 12.7. The van der Waals surface area contributed by atoms with E-state index in [1.807, 2.05) is 48.5 Å². The first-order valence-corrected chi connectivity index (χ1v) is 22.5. The van der Waals surface area contributed by atoms with Crippen molar-refractivity contribution in [3.8, 4) is 28.3 Å². The van der Waals surface area contributed by atoms with Crippen LogP contribution in [0.2, 0.25) is 19.6 Å². The molecule has 0 aliphatic rings. The van der Waals surface area contributed by atoms with E-state index < -0.39 is 14.0 Å². The van der Waals surface area contributed by atoms with Crippen LogP contribution in [0.25, 0.3) is 59.5 Å². The molecule has 0 amide bonds. The molecule has 8 aromatic rings. The van der Waals surface area contributed by atoms with Crippen LogP contribution < -0.4 is 5.19 Å². The summed E-state index contributed by atoms with van der Waals surface area (Å²) in [6.07, 6.45) is 4.84. The van der Waals surface area contributed by atoms with Gasteiger partial charge >= 0.3 is 0 Å². The predicted molar refractivity (Wildman–Crippen MR) is 225 cm³/mol. The Morgan fingerprint density at radius 3 is 2.26 bits per heavy atom. The quantitative estimate of drug-likeness (QED) is 0.0948. The zero-order valence-corrected chi connectivity index (χ0v) is 36.3. The first kappa shape index (κ1) is 39.4. The van der Waals surface area contributed by atoms with Gasteiger partial charge in [-0.3, -0.25) is 4.98 Å². The Labute approximate surface area is 336 Å². The molecule has 0 saturated carbocycles. The molecule has 4 aromatic carbocycles. The van der Waals surface area contributed by atoms with Crippen LogP contribution in [-0.4, -0.2) is 27.6 Å². The Morgan fingerprint density at radius 1 is 0.833 bits per heavy atom. The minimum Gasteiger partial charge on any atom is -0.333 e. The van der Waals surface area contributed by atoms with Crippen molar-refractivity contribution >= 4 is 55.8 Å². The molecular formula is C46H45FIrN4SSi-2. The molecule has 0 aliphatic heterocycles. The van der Waals surface area contributed by atoms with Crippen LogP contribution in [0.3, 0.4) is 0 Å². The number of para-hydroxylation sites is 2. The third-order valence-electron chi connectivity index (χ3n) is 9.47. The molecule has 0 atom stereocenters. The topological polar surface area (TPSA) is 43.6 Å². The summed E-state index contributed by atoms with van der Waals surface area (Å²) in [6.45, 7) is 18.4. The fourth-order valence-corrected chi connectivity index (χ4v) is 9.57. The van der Waals surface area contributed by atoms with Gasteiger partial charge in [-0.05, 0) is 68.5 Å². The van der Waals surface area contributed by atoms with Gasteiger partial charge in [0.2, 0.25) is 5.95 Å². The Hall–Kier alpha value is -4.33. The second-order valence-electron chi connectivity index (χ2n) is 16.1. The molecule has 0 spiro atoms. The van der Waals surface area contributed by atoms with E-state index >= 15 is 0 Å². The number of halogens is 1. The number of hydrogen-bond donors (Lipinski definition) is 0. The molecule has 8 rings (SSSR count). The molecule has 0 bridgehead atoms. The fourth-order valence-electron chi connectivity index (χ4n) is 6.83. The van der Waals surface area contributed by atoms with Crippen molar-refractivity contribution in [1.29, 1.82) is 0 Å². The predicted octanol–water partition coefficient (Wildman–Crippen LogP) is 12.0. The molecule has 277 valence electrons. The normalized spacial score (nSPS) is 11.9. The van der Waals surface area contributed by atoms with Crippen molar-refractivity contribution in [2.75, 3.05) is 0 Å². The van der Waals surface area contributed by atoms with E-state index in [9.17, 15) is 4.39 Å². The molecule has 0 aliphatic carbocycles. The van der Waals surface area contributed by atoms with Gasteiger partial charge in [0.05, 0.1) is 24.9 Å². The van der Waals surface area contributed by atoms with Gasteiger partial charge in [0.1, 0.15) is 0 Å². The Morgan fingerprint density at radius 2 is 1.57 bits per heavy atom. The first-order valence-electron chi connectivity index (χ1n) is 18.2. The van der Waals surface area contributed by atoms with E-state index in [-0.39, 0.29) is 25.5 Å². The van der Waals surface area contributed by atoms with Gasteiger partial charge < -0.3 is 9.55 Å². The summed E-state index contributed by atoms with van der Waals surface area (Å²) in [4.78, 5) is 13.5. The summed E-state index contributed by atoms with van der Waals surface area (Å²) in [5, 5.41) is 3.35. The first-order chi connectivity index (χ1) is 25.3. The van der Waals surface area contributed by atoms with Gasteiger partial charge in [0.15, 0.2) is 0 Å². The van der Waals surface area contributed by atoms with E-state index in [2.05, 4.69) is 130 Å². The van der Waals surface area contributed by atoms with E-state index in [1.54, 1.807) is 17.5 Å². The smallest absolute Gasteiger partial charge is 0.213 e. The molecule has 1 radical (unpaired) electrons. The second-order valence-corrected chi connectivity index (χ2v) is 22.2. The average molecular weight is 925 g/mol. The van der Waals surface area contributed by atoms with Crippen molar-refractivity contribution in [2.45, 2.75) is 66.1 Å². The molecule has 8 heteroatoms. The standard InChI is InChI=1S/C28H21FN3S.C18H24NSi.Ir/c1-28(2,3)17-11-13-18(14-12-17)32-23-10-5-4-9-22(23)31-27(32)20-8-6-7-19-21-15-25(29)30-16-24(21)33-26(19)20;1-14(2)11-16-12-17(15-9-7-6-8-10-15)19-13-18(16)20(3,4)5;/h4-7,9-16H,1-3H3;6-9,12-14H,11H2,1-5H3;/q2*-1;. The summed E-state index contributed by atoms with van der Waals surface area (Å²) < 4.78 is 18.0. The molecule has 4 nitrogen and oxygen atoms in total. The molecule has 4 heterocycles. The van der Waals surface area contributed by atoms with Crippen LogP contribution in [-0.2, 0) is 31.9 Å². The Balaban J connectivity index is 0.000000205. The summed E-state index contributed by atoms with van der Waals surface area (Å²) >= 11 is 1.60. The van der Waals surface area contributed by atoms with Crippen LogP contribution in [0, 0.1) is 24.0 Å². The number of rotatable bonds is 6. The molecule has 0 N–H and O–H groups in total. The van der Waals surface area contributed by atoms with E-state index in [0.29, 0.717) is 5.92 Å². The van der Waals surface area contributed by atoms with Gasteiger partial charge in [0.25, 0.3) is 0 Å². The summed E-state index contributed by atoms with van der Waals surface area (Å²) in [6, 6.07) is 39.3. The van der Waals surface area contributed by atoms with Crippen molar-refractivity contribution in [1.82, 2.24) is 19.5 Å². The van der Waals surface area contributed by atoms with Crippen LogP contribution in [0.15, 0.2) is 109 Å². The van der Waals surface area contributed by atoms with E-state index in [0.717, 1.165) is 66.0 Å². The zero-order valence-electron chi connectivity index (χ0n) is 32.1. The van der Waals surface area contributed by atoms with Crippen LogP contribution in [0.1, 0.15) is 45.7 Å². The maximum atomic E-state index is 13.9. The van der Waals surface area contributed by atoms with Gasteiger partial charge in [-0.1, -0.05) is 101 Å². The van der Waals surface area contributed by atoms with Gasteiger partial charge in [-0.15, -0.1) is 54.1 Å². The number of imidazole rings is 1. The minimum absolute atomic E-state index is 0. The number of pyridine rings is 2. The average Bonchev–Trinajstić information content (AvgIpc) is 3.70. The summed E-state index contributed by atoms with van der Waals surface area (Å²) in [7, 11) is -1.34. The van der Waals surface area contributed by atoms with Gasteiger partial charge in [0, 0.05) is 49.0 Å². The molecule has 0 unspecified atom stereocenters. The van der Waals surface area contributed by atoms with Crippen molar-refractivity contribution in [2.24, 2.45) is 5.92 Å². The van der Waals surface area contributed by atoms with E-state index in [1.165, 1.54) is 22.4 Å². The second kappa shape index (κ2) is 15.8. The summed E-state index contributed by atoms with van der Waals surface area (Å²) in [5.74, 6) is 1.02. The fraction of sp³-hybridized carbons (Fsp3) is 0.239. The largest absolute Gasteiger partial charge is 0.333 e. The molecular weight excluding hydrogens is 880 g/mol. The maximum absolute atomic E-state index is 13.9. The van der Waals surface area contributed by atoms with Crippen molar-refractivity contribution in [3.05, 3.63) is 139 Å². The third kappa shape index (κ3) is 8.18. The van der Waals surface area contributed by atoms with Gasteiger partial charge in [-0.25, -0.2) is 4.98 Å². The minimum atomic E-state index is -1.34. The number of hydrogen-bond acceptors (Lipinski definition) is 4. The molecule has 4 aromatic heterocycles. The Kier molecular flexibility index (Phi) is 11.5. The van der Waals surface area contributed by atoms with Gasteiger partial charge in [-0.2, -0.15) is 15.7 Å². The molecule has 0 saturated heterocycles. The SMILES string of the molecule is CC(C)(C)c1ccc(-n2c(-c3[c-]ccc4c3sc3cnc(F)cc34)nc3ccccc32)cc1.CC(C)Cc1cc(-c2[c-]cccc2)ncc1[Si](C)(C)C.[Ir]. The van der Waals surface area contributed by atoms with Crippen LogP contribution in [0.4, 0.5) is 4.39 Å². The maximum Gasteiger partial charge on any atom is 0.213 e. The molecule has 0 fully saturated rings. The number of fused-ring (bicyclic) bond motifs is 4. The monoisotopic (exact) mass is 925 g/mol.